The fourth-order valence-corrected chi connectivity index (χ4v) is 2.34. The summed E-state index contributed by atoms with van der Waals surface area (Å²) < 4.78 is 10.3. The van der Waals surface area contributed by atoms with Crippen LogP contribution in [0.4, 0.5) is 17.1 Å². The largest absolute Gasteiger partial charge is 0.497 e. The summed E-state index contributed by atoms with van der Waals surface area (Å²) in [5.41, 5.74) is -0.784. The molecule has 0 heterocycles. The highest BCUT2D eigenvalue weighted by atomic mass is 35.5. The number of carboxylic acid groups (broad SMARTS) is 1. The molecule has 0 fully saturated rings. The first kappa shape index (κ1) is 17.4. The molecule has 0 aliphatic rings. The summed E-state index contributed by atoms with van der Waals surface area (Å²) in [5, 5.41) is 23.2. The van der Waals surface area contributed by atoms with Crippen LogP contribution >= 0.6 is 11.6 Å². The van der Waals surface area contributed by atoms with Crippen molar-refractivity contribution in [2.45, 2.75) is 0 Å². The van der Waals surface area contributed by atoms with Crippen molar-refractivity contribution in [1.29, 1.82) is 0 Å². The Hall–Kier alpha value is -3.00. The molecule has 2 rings (SSSR count). The Kier molecular flexibility index (Phi) is 5.10. The van der Waals surface area contributed by atoms with E-state index in [1.54, 1.807) is 12.1 Å². The second-order valence-corrected chi connectivity index (χ2v) is 4.98. The van der Waals surface area contributed by atoms with Gasteiger partial charge in [0.1, 0.15) is 22.7 Å². The molecule has 24 heavy (non-hydrogen) atoms. The molecule has 0 saturated heterocycles. The Balaban J connectivity index is 2.66. The molecule has 2 aromatic rings. The van der Waals surface area contributed by atoms with Crippen molar-refractivity contribution in [3.8, 4) is 11.5 Å². The minimum Gasteiger partial charge on any atom is -0.497 e. The number of nitro benzene ring substituents is 1. The molecule has 0 aliphatic heterocycles. The van der Waals surface area contributed by atoms with Gasteiger partial charge in [0.15, 0.2) is 0 Å². The summed E-state index contributed by atoms with van der Waals surface area (Å²) in [4.78, 5) is 22.0. The van der Waals surface area contributed by atoms with Crippen LogP contribution in [0.15, 0.2) is 30.3 Å². The Labute approximate surface area is 141 Å². The van der Waals surface area contributed by atoms with E-state index < -0.39 is 22.1 Å². The summed E-state index contributed by atoms with van der Waals surface area (Å²) in [7, 11) is 2.87. The molecule has 0 aliphatic carbocycles. The number of hydrogen-bond donors (Lipinski definition) is 2. The van der Waals surface area contributed by atoms with Crippen LogP contribution in [0.2, 0.25) is 5.02 Å². The van der Waals surface area contributed by atoms with E-state index in [-0.39, 0.29) is 10.7 Å². The predicted molar refractivity (Wildman–Crippen MR) is 87.9 cm³/mol. The van der Waals surface area contributed by atoms with E-state index in [4.69, 9.17) is 21.1 Å². The topological polar surface area (TPSA) is 111 Å². The zero-order chi connectivity index (χ0) is 17.9. The van der Waals surface area contributed by atoms with Crippen LogP contribution in [-0.2, 0) is 0 Å². The molecule has 0 atom stereocenters. The lowest BCUT2D eigenvalue weighted by Crippen LogP contribution is -2.07. The Morgan fingerprint density at radius 3 is 2.50 bits per heavy atom. The Bertz CT molecular complexity index is 809. The summed E-state index contributed by atoms with van der Waals surface area (Å²) in [5.74, 6) is -0.589. The molecule has 0 bridgehead atoms. The number of methoxy groups -OCH3 is 2. The lowest BCUT2D eigenvalue weighted by atomic mass is 10.1. The van der Waals surface area contributed by atoms with Crippen LogP contribution in [0.3, 0.4) is 0 Å². The molecule has 0 amide bonds. The third-order valence-corrected chi connectivity index (χ3v) is 3.52. The maximum Gasteiger partial charge on any atom is 0.339 e. The van der Waals surface area contributed by atoms with Crippen LogP contribution in [0.1, 0.15) is 10.4 Å². The molecule has 0 saturated carbocycles. The van der Waals surface area contributed by atoms with E-state index in [0.717, 1.165) is 12.1 Å². The quantitative estimate of drug-likeness (QED) is 0.602. The molecule has 8 nitrogen and oxygen atoms in total. The van der Waals surface area contributed by atoms with Crippen molar-refractivity contribution in [2.75, 3.05) is 19.5 Å². The van der Waals surface area contributed by atoms with Crippen LogP contribution in [0, 0.1) is 10.1 Å². The first-order chi connectivity index (χ1) is 11.4. The highest BCUT2D eigenvalue weighted by Crippen LogP contribution is 2.39. The number of halogens is 1. The molecular weight excluding hydrogens is 340 g/mol. The highest BCUT2D eigenvalue weighted by Gasteiger charge is 2.25. The fraction of sp³-hybridized carbons (Fsp3) is 0.133. The monoisotopic (exact) mass is 352 g/mol. The average Bonchev–Trinajstić information content (AvgIpc) is 2.54. The van der Waals surface area contributed by atoms with Crippen molar-refractivity contribution < 1.29 is 24.3 Å². The molecule has 9 heteroatoms. The van der Waals surface area contributed by atoms with Gasteiger partial charge in [0, 0.05) is 12.1 Å². The number of ether oxygens (including phenoxy) is 2. The maximum absolute atomic E-state index is 11.5. The lowest BCUT2D eigenvalue weighted by Gasteiger charge is -2.15. The molecule has 126 valence electrons. The van der Waals surface area contributed by atoms with E-state index in [9.17, 15) is 20.0 Å². The van der Waals surface area contributed by atoms with E-state index in [1.165, 1.54) is 20.3 Å². The summed E-state index contributed by atoms with van der Waals surface area (Å²) in [6.45, 7) is 0. The standard InChI is InChI=1S/C15H13ClN2O6/c1-23-8-3-6-12(24-2)10(7-8)17-14-11(18(21)22)5-4-9(16)13(14)15(19)20/h3-7,17H,1-2H3,(H,19,20). The number of nitrogens with one attached hydrogen (secondary N) is 1. The van der Waals surface area contributed by atoms with Gasteiger partial charge in [-0.15, -0.1) is 0 Å². The van der Waals surface area contributed by atoms with Crippen LogP contribution < -0.4 is 14.8 Å². The Morgan fingerprint density at radius 2 is 1.96 bits per heavy atom. The second kappa shape index (κ2) is 7.05. The predicted octanol–water partition coefficient (Wildman–Crippen LogP) is 3.71. The van der Waals surface area contributed by atoms with Gasteiger partial charge in [-0.1, -0.05) is 11.6 Å². The molecular formula is C15H13ClN2O6. The number of carboxylic acids is 1. The number of nitrogens with zero attached hydrogens (tertiary/aromatic N) is 1. The number of aromatic carboxylic acids is 1. The normalized spacial score (nSPS) is 10.1. The van der Waals surface area contributed by atoms with Gasteiger partial charge in [0.05, 0.1) is 29.9 Å². The van der Waals surface area contributed by atoms with Gasteiger partial charge in [0.2, 0.25) is 0 Å². The third-order valence-electron chi connectivity index (χ3n) is 3.21. The fourth-order valence-electron chi connectivity index (χ4n) is 2.10. The van der Waals surface area contributed by atoms with Crippen molar-refractivity contribution >= 4 is 34.6 Å². The number of benzene rings is 2. The van der Waals surface area contributed by atoms with E-state index >= 15 is 0 Å². The van der Waals surface area contributed by atoms with Crippen LogP contribution in [-0.4, -0.2) is 30.2 Å². The van der Waals surface area contributed by atoms with Gasteiger partial charge in [0.25, 0.3) is 5.69 Å². The second-order valence-electron chi connectivity index (χ2n) is 4.57. The first-order valence-corrected chi connectivity index (χ1v) is 6.96. The van der Waals surface area contributed by atoms with Crippen molar-refractivity contribution in [3.05, 3.63) is 51.0 Å². The smallest absolute Gasteiger partial charge is 0.339 e. The van der Waals surface area contributed by atoms with Crippen molar-refractivity contribution in [3.63, 3.8) is 0 Å². The SMILES string of the molecule is COc1ccc(OC)c(Nc2c([N+](=O)[O-])ccc(Cl)c2C(=O)O)c1. The summed E-state index contributed by atoms with van der Waals surface area (Å²) in [6.07, 6.45) is 0. The lowest BCUT2D eigenvalue weighted by molar-refractivity contribution is -0.383. The average molecular weight is 353 g/mol. The molecule has 0 unspecified atom stereocenters. The van der Waals surface area contributed by atoms with Gasteiger partial charge < -0.3 is 19.9 Å². The van der Waals surface area contributed by atoms with Gasteiger partial charge >= 0.3 is 5.97 Å². The molecule has 0 spiro atoms. The number of nitro groups is 1. The number of rotatable bonds is 6. The Morgan fingerprint density at radius 1 is 1.25 bits per heavy atom. The van der Waals surface area contributed by atoms with Crippen LogP contribution in [0.25, 0.3) is 0 Å². The zero-order valence-corrected chi connectivity index (χ0v) is 13.5. The molecule has 2 N–H and O–H groups in total. The summed E-state index contributed by atoms with van der Waals surface area (Å²) >= 11 is 5.90. The van der Waals surface area contributed by atoms with Gasteiger partial charge in [-0.3, -0.25) is 10.1 Å². The minimum absolute atomic E-state index is 0.127. The number of carbonyl (C=O) groups is 1. The summed E-state index contributed by atoms with van der Waals surface area (Å²) in [6, 6.07) is 7.03. The molecule has 0 aromatic heterocycles. The molecule has 0 radical (unpaired) electrons. The third kappa shape index (κ3) is 3.33. The highest BCUT2D eigenvalue weighted by molar-refractivity contribution is 6.34. The van der Waals surface area contributed by atoms with Gasteiger partial charge in [-0.05, 0) is 18.2 Å². The van der Waals surface area contributed by atoms with E-state index in [2.05, 4.69) is 5.32 Å². The minimum atomic E-state index is -1.40. The van der Waals surface area contributed by atoms with Crippen molar-refractivity contribution in [2.24, 2.45) is 0 Å². The molecule has 2 aromatic carbocycles. The van der Waals surface area contributed by atoms with Gasteiger partial charge in [-0.2, -0.15) is 0 Å². The van der Waals surface area contributed by atoms with Gasteiger partial charge in [-0.25, -0.2) is 4.79 Å². The number of anilines is 2. The maximum atomic E-state index is 11.5. The first-order valence-electron chi connectivity index (χ1n) is 6.58. The van der Waals surface area contributed by atoms with E-state index in [1.807, 2.05) is 0 Å². The van der Waals surface area contributed by atoms with Crippen molar-refractivity contribution in [1.82, 2.24) is 0 Å². The van der Waals surface area contributed by atoms with E-state index in [0.29, 0.717) is 17.2 Å². The zero-order valence-electron chi connectivity index (χ0n) is 12.7. The number of hydrogen-bond acceptors (Lipinski definition) is 6. The van der Waals surface area contributed by atoms with Crippen LogP contribution in [0.5, 0.6) is 11.5 Å².